The maximum absolute atomic E-state index is 12.7. The topological polar surface area (TPSA) is 112 Å². The van der Waals surface area contributed by atoms with E-state index < -0.39 is 36.0 Å². The average molecular weight is 623 g/mol. The molecule has 2 unspecified atom stereocenters. The molecule has 236 valence electrons. The Morgan fingerprint density at radius 1 is 0.522 bits per heavy atom. The molecule has 1 saturated carbocycles. The van der Waals surface area contributed by atoms with Crippen LogP contribution in [0.25, 0.3) is 0 Å². The Morgan fingerprint density at radius 2 is 0.848 bits per heavy atom. The first-order valence-electron chi connectivity index (χ1n) is 14.8. The Kier molecular flexibility index (Phi) is 10.3. The third kappa shape index (κ3) is 8.50. The number of nitrogens with zero attached hydrogens (tertiary/aromatic N) is 2. The molecule has 0 N–H and O–H groups in total. The highest BCUT2D eigenvalue weighted by molar-refractivity contribution is 5.93. The van der Waals surface area contributed by atoms with Crippen molar-refractivity contribution in [3.05, 3.63) is 120 Å². The average Bonchev–Trinajstić information content (AvgIpc) is 3.03. The van der Waals surface area contributed by atoms with Crippen LogP contribution in [0, 0.1) is 11.8 Å². The van der Waals surface area contributed by atoms with Crippen LogP contribution in [0.4, 0.5) is 9.59 Å². The number of ether oxygens (including phenoxy) is 4. The Balaban J connectivity index is 1.05. The molecule has 1 fully saturated rings. The fourth-order valence-corrected chi connectivity index (χ4v) is 4.80. The number of rotatable bonds is 10. The summed E-state index contributed by atoms with van der Waals surface area (Å²) in [4.78, 5) is 53.2. The van der Waals surface area contributed by atoms with Crippen LogP contribution in [0.5, 0.6) is 23.0 Å². The summed E-state index contributed by atoms with van der Waals surface area (Å²) in [5.74, 6) is -0.673. The van der Waals surface area contributed by atoms with Gasteiger partial charge in [0.25, 0.3) is 0 Å². The van der Waals surface area contributed by atoms with Crippen molar-refractivity contribution in [1.82, 2.24) is 9.80 Å². The number of para-hydroxylation sites is 2. The zero-order valence-corrected chi connectivity index (χ0v) is 25.5. The van der Waals surface area contributed by atoms with Crippen molar-refractivity contribution in [2.24, 2.45) is 11.8 Å². The minimum Gasteiger partial charge on any atom is -0.457 e. The molecule has 0 radical (unpaired) electrons. The molecule has 2 amide bonds. The minimum absolute atomic E-state index is 0.192. The molecule has 0 saturated heterocycles. The summed E-state index contributed by atoms with van der Waals surface area (Å²) in [7, 11) is 3.02. The van der Waals surface area contributed by atoms with E-state index in [1.807, 2.05) is 84.9 Å². The van der Waals surface area contributed by atoms with Gasteiger partial charge in [0, 0.05) is 27.2 Å². The van der Waals surface area contributed by atoms with E-state index in [9.17, 15) is 19.2 Å². The van der Waals surface area contributed by atoms with Gasteiger partial charge in [-0.2, -0.15) is 0 Å². The summed E-state index contributed by atoms with van der Waals surface area (Å²) in [5, 5.41) is 0. The Hall–Kier alpha value is -5.64. The van der Waals surface area contributed by atoms with Gasteiger partial charge >= 0.3 is 24.1 Å². The summed E-state index contributed by atoms with van der Waals surface area (Å²) >= 11 is 0. The number of carbonyl (C=O) groups is 4. The number of carbonyl (C=O) groups excluding carboxylic acids is 4. The van der Waals surface area contributed by atoms with Crippen LogP contribution in [0.1, 0.15) is 24.0 Å². The highest BCUT2D eigenvalue weighted by atomic mass is 16.6. The van der Waals surface area contributed by atoms with E-state index in [-0.39, 0.29) is 13.1 Å². The zero-order chi connectivity index (χ0) is 32.5. The van der Waals surface area contributed by atoms with Crippen LogP contribution in [-0.4, -0.2) is 48.0 Å². The van der Waals surface area contributed by atoms with Crippen molar-refractivity contribution >= 4 is 24.1 Å². The summed E-state index contributed by atoms with van der Waals surface area (Å²) in [6, 6.07) is 33.1. The SMILES string of the molecule is CN(Cc1ccc(Oc2ccccc2)cc1)C(=O)OC(=O)C1CCC1C(=O)OC(=O)N(C)Cc1ccc(Oc2ccccc2)cc1. The van der Waals surface area contributed by atoms with Gasteiger partial charge in [0.05, 0.1) is 11.8 Å². The summed E-state index contributed by atoms with van der Waals surface area (Å²) in [5.41, 5.74) is 1.60. The lowest BCUT2D eigenvalue weighted by atomic mass is 9.74. The molecular formula is C36H34N2O8. The molecule has 0 spiro atoms. The van der Waals surface area contributed by atoms with Crippen LogP contribution >= 0.6 is 0 Å². The summed E-state index contributed by atoms with van der Waals surface area (Å²) in [6.45, 7) is 0.384. The number of esters is 2. The van der Waals surface area contributed by atoms with Crippen LogP contribution < -0.4 is 9.47 Å². The van der Waals surface area contributed by atoms with Gasteiger partial charge in [0.1, 0.15) is 23.0 Å². The van der Waals surface area contributed by atoms with Gasteiger partial charge in [0.2, 0.25) is 0 Å². The second-order valence-corrected chi connectivity index (χ2v) is 11.0. The van der Waals surface area contributed by atoms with Crippen LogP contribution in [0.3, 0.4) is 0 Å². The van der Waals surface area contributed by atoms with Crippen molar-refractivity contribution < 1.29 is 38.1 Å². The second-order valence-electron chi connectivity index (χ2n) is 11.0. The minimum atomic E-state index is -0.866. The maximum Gasteiger partial charge on any atom is 0.417 e. The molecule has 5 rings (SSSR count). The van der Waals surface area contributed by atoms with E-state index >= 15 is 0 Å². The van der Waals surface area contributed by atoms with Crippen LogP contribution in [-0.2, 0) is 32.2 Å². The molecule has 4 aromatic carbocycles. The van der Waals surface area contributed by atoms with Crippen molar-refractivity contribution in [3.63, 3.8) is 0 Å². The fourth-order valence-electron chi connectivity index (χ4n) is 4.80. The third-order valence-electron chi connectivity index (χ3n) is 7.52. The first-order valence-corrected chi connectivity index (χ1v) is 14.8. The van der Waals surface area contributed by atoms with Gasteiger partial charge in [-0.3, -0.25) is 9.59 Å². The molecule has 10 heteroatoms. The quantitative estimate of drug-likeness (QED) is 0.135. The first kappa shape index (κ1) is 31.8. The van der Waals surface area contributed by atoms with Crippen molar-refractivity contribution in [2.75, 3.05) is 14.1 Å². The molecular weight excluding hydrogens is 588 g/mol. The van der Waals surface area contributed by atoms with Gasteiger partial charge < -0.3 is 28.7 Å². The van der Waals surface area contributed by atoms with Gasteiger partial charge in [-0.05, 0) is 72.5 Å². The molecule has 2 atom stereocenters. The summed E-state index contributed by atoms with van der Waals surface area (Å²) < 4.78 is 21.7. The second kappa shape index (κ2) is 14.9. The van der Waals surface area contributed by atoms with E-state index in [2.05, 4.69) is 0 Å². The Bertz CT molecular complexity index is 1520. The highest BCUT2D eigenvalue weighted by Crippen LogP contribution is 2.36. The lowest BCUT2D eigenvalue weighted by Gasteiger charge is -2.32. The molecule has 10 nitrogen and oxygen atoms in total. The number of hydrogen-bond donors (Lipinski definition) is 0. The molecule has 4 aromatic rings. The van der Waals surface area contributed by atoms with Gasteiger partial charge in [-0.15, -0.1) is 0 Å². The van der Waals surface area contributed by atoms with Gasteiger partial charge in [-0.1, -0.05) is 60.7 Å². The standard InChI is InChI=1S/C36H34N2O8/c1-37(23-25-13-17-29(18-14-25)43-27-9-5-3-6-10-27)35(41)45-33(39)31-21-22-32(31)34(40)46-36(42)38(2)24-26-15-19-30(20-16-26)44-28-11-7-4-8-12-28/h3-20,31-32H,21-24H2,1-2H3. The van der Waals surface area contributed by atoms with E-state index in [1.165, 1.54) is 23.9 Å². The smallest absolute Gasteiger partial charge is 0.417 e. The molecule has 1 aliphatic carbocycles. The zero-order valence-electron chi connectivity index (χ0n) is 25.5. The van der Waals surface area contributed by atoms with E-state index in [0.29, 0.717) is 35.8 Å². The number of amides is 2. The predicted octanol–water partition coefficient (Wildman–Crippen LogP) is 7.19. The Labute approximate surface area is 267 Å². The third-order valence-corrected chi connectivity index (χ3v) is 7.52. The number of hydrogen-bond acceptors (Lipinski definition) is 8. The maximum atomic E-state index is 12.7. The fraction of sp³-hybridized carbons (Fsp3) is 0.222. The lowest BCUT2D eigenvalue weighted by Crippen LogP contribution is -2.43. The number of benzene rings is 4. The molecule has 0 heterocycles. The van der Waals surface area contributed by atoms with Crippen molar-refractivity contribution in [2.45, 2.75) is 25.9 Å². The van der Waals surface area contributed by atoms with Gasteiger partial charge in [-0.25, -0.2) is 9.59 Å². The normalized spacial score (nSPS) is 15.1. The van der Waals surface area contributed by atoms with Crippen molar-refractivity contribution in [1.29, 1.82) is 0 Å². The summed E-state index contributed by atoms with van der Waals surface area (Å²) in [6.07, 6.45) is -0.992. The molecule has 0 aliphatic heterocycles. The van der Waals surface area contributed by atoms with Crippen LogP contribution in [0.2, 0.25) is 0 Å². The van der Waals surface area contributed by atoms with Crippen LogP contribution in [0.15, 0.2) is 109 Å². The largest absolute Gasteiger partial charge is 0.457 e. The predicted molar refractivity (Wildman–Crippen MR) is 168 cm³/mol. The Morgan fingerprint density at radius 3 is 1.17 bits per heavy atom. The monoisotopic (exact) mass is 622 g/mol. The molecule has 46 heavy (non-hydrogen) atoms. The van der Waals surface area contributed by atoms with Gasteiger partial charge in [0.15, 0.2) is 0 Å². The molecule has 0 aromatic heterocycles. The molecule has 1 aliphatic rings. The molecule has 0 bridgehead atoms. The first-order chi connectivity index (χ1) is 22.2. The van der Waals surface area contributed by atoms with E-state index in [1.54, 1.807) is 24.3 Å². The van der Waals surface area contributed by atoms with E-state index in [0.717, 1.165) is 11.1 Å². The lowest BCUT2D eigenvalue weighted by molar-refractivity contribution is -0.161. The highest BCUT2D eigenvalue weighted by Gasteiger charge is 2.45. The van der Waals surface area contributed by atoms with Crippen molar-refractivity contribution in [3.8, 4) is 23.0 Å². The van der Waals surface area contributed by atoms with E-state index in [4.69, 9.17) is 18.9 Å².